The Morgan fingerprint density at radius 2 is 1.62 bits per heavy atom. The van der Waals surface area contributed by atoms with Crippen LogP contribution in [0.3, 0.4) is 0 Å². The minimum Gasteiger partial charge on any atom is -0.495 e. The molecule has 3 saturated heterocycles. The Hall–Kier alpha value is -6.15. The van der Waals surface area contributed by atoms with E-state index < -0.39 is 24.4 Å². The second-order valence-electron chi connectivity index (χ2n) is 15.8. The third kappa shape index (κ3) is 9.29. The monoisotopic (exact) mass is 847 g/mol. The zero-order valence-corrected chi connectivity index (χ0v) is 34.9. The number of hydrogen-bond donors (Lipinski definition) is 3. The van der Waals surface area contributed by atoms with Gasteiger partial charge in [0.1, 0.15) is 17.2 Å². The zero-order chi connectivity index (χ0) is 43.6. The molecule has 0 aliphatic carbocycles. The SMILES string of the molecule is COc1cc(C(=O)NN2CCC(CN3CCN(C(=O)c4ccc(OC)c(N5CCC(=O)NC5=O)c4)CC3)CC2)ccc1Nc1ncc2c(n1)N(C(C)C)CC(F)(F)C(=O)N2C. The lowest BCUT2D eigenvalue weighted by molar-refractivity contribution is -0.140. The summed E-state index contributed by atoms with van der Waals surface area (Å²) in [6, 6.07) is 8.95. The Labute approximate surface area is 352 Å². The number of piperazine rings is 1. The molecule has 4 aliphatic heterocycles. The molecule has 61 heavy (non-hydrogen) atoms. The molecular weight excluding hydrogens is 797 g/mol. The van der Waals surface area contributed by atoms with Gasteiger partial charge in [-0.15, -0.1) is 0 Å². The molecule has 0 spiro atoms. The molecule has 1 aromatic heterocycles. The fourth-order valence-corrected chi connectivity index (χ4v) is 8.01. The molecule has 7 rings (SSSR count). The Morgan fingerprint density at radius 3 is 2.30 bits per heavy atom. The number of benzene rings is 2. The van der Waals surface area contributed by atoms with Crippen molar-refractivity contribution in [3.8, 4) is 11.5 Å². The molecule has 3 N–H and O–H groups in total. The number of carbonyl (C=O) groups excluding carboxylic acids is 5. The van der Waals surface area contributed by atoms with Gasteiger partial charge < -0.3 is 29.5 Å². The number of ether oxygens (including phenoxy) is 2. The van der Waals surface area contributed by atoms with Crippen LogP contribution >= 0.6 is 0 Å². The molecule has 0 radical (unpaired) electrons. The summed E-state index contributed by atoms with van der Waals surface area (Å²) in [5.41, 5.74) is 4.86. The van der Waals surface area contributed by atoms with Gasteiger partial charge in [-0.3, -0.25) is 39.7 Å². The number of fused-ring (bicyclic) bond motifs is 1. The van der Waals surface area contributed by atoms with Crippen LogP contribution in [0.15, 0.2) is 42.6 Å². The van der Waals surface area contributed by atoms with Crippen molar-refractivity contribution in [3.05, 3.63) is 53.7 Å². The van der Waals surface area contributed by atoms with Crippen LogP contribution in [0, 0.1) is 5.92 Å². The van der Waals surface area contributed by atoms with E-state index in [1.54, 1.807) is 50.2 Å². The molecule has 5 heterocycles. The van der Waals surface area contributed by atoms with E-state index in [1.165, 1.54) is 37.3 Å². The fourth-order valence-electron chi connectivity index (χ4n) is 8.01. The number of hydrazine groups is 1. The highest BCUT2D eigenvalue weighted by Crippen LogP contribution is 2.38. The van der Waals surface area contributed by atoms with Gasteiger partial charge in [0.15, 0.2) is 5.82 Å². The zero-order valence-electron chi connectivity index (χ0n) is 34.9. The minimum atomic E-state index is -3.61. The van der Waals surface area contributed by atoms with Crippen LogP contribution in [0.25, 0.3) is 0 Å². The van der Waals surface area contributed by atoms with Gasteiger partial charge in [0.05, 0.1) is 38.3 Å². The molecule has 0 unspecified atom stereocenters. The van der Waals surface area contributed by atoms with Crippen molar-refractivity contribution in [2.75, 3.05) is 100 Å². The van der Waals surface area contributed by atoms with Crippen molar-refractivity contribution in [2.24, 2.45) is 5.92 Å². The summed E-state index contributed by atoms with van der Waals surface area (Å²) in [6.45, 7) is 7.64. The maximum atomic E-state index is 14.8. The highest BCUT2D eigenvalue weighted by Gasteiger charge is 2.47. The molecule has 18 nitrogen and oxygen atoms in total. The average Bonchev–Trinajstić information content (AvgIpc) is 3.32. The van der Waals surface area contributed by atoms with Gasteiger partial charge in [0, 0.05) is 83.0 Å². The van der Waals surface area contributed by atoms with Crippen LogP contribution in [0.4, 0.5) is 42.4 Å². The van der Waals surface area contributed by atoms with Gasteiger partial charge in [-0.05, 0) is 69.0 Å². The second-order valence-corrected chi connectivity index (χ2v) is 15.8. The van der Waals surface area contributed by atoms with Gasteiger partial charge in [-0.1, -0.05) is 0 Å². The lowest BCUT2D eigenvalue weighted by Crippen LogP contribution is -2.52. The number of nitrogens with zero attached hydrogens (tertiary/aromatic N) is 8. The first kappa shape index (κ1) is 43.0. The van der Waals surface area contributed by atoms with Crippen molar-refractivity contribution in [1.29, 1.82) is 0 Å². The van der Waals surface area contributed by atoms with Crippen molar-refractivity contribution in [3.63, 3.8) is 0 Å². The van der Waals surface area contributed by atoms with E-state index in [1.807, 2.05) is 9.91 Å². The number of rotatable bonds is 11. The van der Waals surface area contributed by atoms with Crippen LogP contribution in [0.1, 0.15) is 53.8 Å². The molecule has 6 amide bonds. The molecule has 0 saturated carbocycles. The van der Waals surface area contributed by atoms with E-state index in [2.05, 4.69) is 30.9 Å². The summed E-state index contributed by atoms with van der Waals surface area (Å²) in [4.78, 5) is 80.2. The molecular formula is C41H51F2N11O7. The predicted molar refractivity (Wildman–Crippen MR) is 222 cm³/mol. The number of aromatic nitrogens is 2. The number of hydrogen-bond acceptors (Lipinski definition) is 13. The van der Waals surface area contributed by atoms with Crippen LogP contribution in [0.5, 0.6) is 11.5 Å². The standard InChI is InChI=1S/C41H51F2N11O7/c1-25(2)54-24-41(42,43)38(58)49(3)31-22-44-39(47-35(31)54)45-29-8-6-27(21-33(29)61-5)36(56)48-52-13-10-26(11-14-52)23-50-16-18-51(19-17-50)37(57)28-7-9-32(60-4)30(20-28)53-15-12-34(55)46-40(53)59/h6-9,20-22,25-26H,10-19,23-24H2,1-5H3,(H,48,56)(H,44,45,47)(H,46,55,59). The first-order chi connectivity index (χ1) is 29.1. The maximum Gasteiger partial charge on any atom is 0.342 e. The molecule has 326 valence electrons. The molecule has 3 aromatic rings. The summed E-state index contributed by atoms with van der Waals surface area (Å²) in [6.07, 6.45) is 3.24. The smallest absolute Gasteiger partial charge is 0.342 e. The van der Waals surface area contributed by atoms with E-state index in [0.717, 1.165) is 37.4 Å². The van der Waals surface area contributed by atoms with Crippen LogP contribution in [-0.4, -0.2) is 147 Å². The first-order valence-electron chi connectivity index (χ1n) is 20.3. The predicted octanol–water partition coefficient (Wildman–Crippen LogP) is 3.33. The van der Waals surface area contributed by atoms with E-state index in [0.29, 0.717) is 66.1 Å². The van der Waals surface area contributed by atoms with Crippen molar-refractivity contribution in [2.45, 2.75) is 45.1 Å². The van der Waals surface area contributed by atoms with Gasteiger partial charge >= 0.3 is 12.0 Å². The normalized spacial score (nSPS) is 19.0. The summed E-state index contributed by atoms with van der Waals surface area (Å²) in [7, 11) is 4.23. The number of imide groups is 1. The molecule has 0 atom stereocenters. The fraction of sp³-hybridized carbons (Fsp3) is 0.488. The van der Waals surface area contributed by atoms with Crippen molar-refractivity contribution >= 4 is 58.5 Å². The Bertz CT molecular complexity index is 2180. The van der Waals surface area contributed by atoms with Gasteiger partial charge in [-0.2, -0.15) is 13.8 Å². The van der Waals surface area contributed by atoms with E-state index >= 15 is 0 Å². The Balaban J connectivity index is 0.891. The number of methoxy groups -OCH3 is 2. The number of nitrogens with one attached hydrogen (secondary N) is 3. The van der Waals surface area contributed by atoms with Crippen LogP contribution < -0.4 is 40.2 Å². The average molecular weight is 848 g/mol. The van der Waals surface area contributed by atoms with Crippen LogP contribution in [0.2, 0.25) is 0 Å². The summed E-state index contributed by atoms with van der Waals surface area (Å²) < 4.78 is 40.6. The van der Waals surface area contributed by atoms with Gasteiger partial charge in [-0.25, -0.2) is 14.8 Å². The molecule has 20 heteroatoms. The number of halogens is 2. The quantitative estimate of drug-likeness (QED) is 0.256. The maximum absolute atomic E-state index is 14.8. The first-order valence-corrected chi connectivity index (χ1v) is 20.3. The summed E-state index contributed by atoms with van der Waals surface area (Å²) in [5, 5.41) is 7.29. The summed E-state index contributed by atoms with van der Waals surface area (Å²) >= 11 is 0. The number of alkyl halides is 2. The molecule has 3 fully saturated rings. The topological polar surface area (TPSA) is 185 Å². The lowest BCUT2D eigenvalue weighted by Gasteiger charge is -2.39. The number of carbonyl (C=O) groups is 5. The van der Waals surface area contributed by atoms with E-state index in [-0.39, 0.29) is 54.2 Å². The second kappa shape index (κ2) is 17.8. The Morgan fingerprint density at radius 1 is 0.918 bits per heavy atom. The third-order valence-electron chi connectivity index (χ3n) is 11.5. The van der Waals surface area contributed by atoms with Crippen LogP contribution in [-0.2, 0) is 9.59 Å². The number of amides is 6. The third-order valence-corrected chi connectivity index (χ3v) is 11.5. The lowest BCUT2D eigenvalue weighted by atomic mass is 9.96. The largest absolute Gasteiger partial charge is 0.495 e. The highest BCUT2D eigenvalue weighted by atomic mass is 19.3. The molecule has 4 aliphatic rings. The van der Waals surface area contributed by atoms with Gasteiger partial charge in [0.25, 0.3) is 17.7 Å². The van der Waals surface area contributed by atoms with Gasteiger partial charge in [0.2, 0.25) is 11.9 Å². The van der Waals surface area contributed by atoms with E-state index in [4.69, 9.17) is 9.47 Å². The number of anilines is 5. The number of urea groups is 1. The van der Waals surface area contributed by atoms with Crippen molar-refractivity contribution in [1.82, 2.24) is 35.5 Å². The van der Waals surface area contributed by atoms with E-state index in [9.17, 15) is 32.8 Å². The highest BCUT2D eigenvalue weighted by molar-refractivity contribution is 6.07. The summed E-state index contributed by atoms with van der Waals surface area (Å²) in [5.74, 6) is -4.25. The molecule has 2 aromatic carbocycles. The van der Waals surface area contributed by atoms with Crippen molar-refractivity contribution < 1.29 is 42.2 Å². The Kier molecular flexibility index (Phi) is 12.6. The minimum absolute atomic E-state index is 0.0957. The number of piperidine rings is 1. The molecule has 0 bridgehead atoms.